The summed E-state index contributed by atoms with van der Waals surface area (Å²) in [7, 11) is 0. The Labute approximate surface area is 145 Å². The SMILES string of the molecule is C=C(C)[C@H]1CC[C@](C)(O)[C@@H]2Oc3cc(CCCCC)cc(O)c3[C@H]12. The third kappa shape index (κ3) is 2.95. The number of rotatable bonds is 5. The average molecular weight is 330 g/mol. The average Bonchev–Trinajstić information content (AvgIpc) is 2.88. The van der Waals surface area contributed by atoms with Gasteiger partial charge in [0, 0.05) is 11.5 Å². The Balaban J connectivity index is 1.96. The number of hydrogen-bond acceptors (Lipinski definition) is 3. The van der Waals surface area contributed by atoms with Gasteiger partial charge in [-0.3, -0.25) is 0 Å². The maximum absolute atomic E-state index is 10.8. The molecular weight excluding hydrogens is 300 g/mol. The first-order valence-electron chi connectivity index (χ1n) is 9.25. The van der Waals surface area contributed by atoms with E-state index in [4.69, 9.17) is 4.74 Å². The molecule has 1 heterocycles. The molecule has 4 atom stereocenters. The van der Waals surface area contributed by atoms with Crippen molar-refractivity contribution >= 4 is 0 Å². The highest BCUT2D eigenvalue weighted by Gasteiger charge is 2.53. The Bertz CT molecular complexity index is 632. The number of aryl methyl sites for hydroxylation is 1. The van der Waals surface area contributed by atoms with Crippen LogP contribution in [0.4, 0.5) is 0 Å². The fraction of sp³-hybridized carbons (Fsp3) is 0.619. The third-order valence-electron chi connectivity index (χ3n) is 5.80. The number of unbranched alkanes of at least 4 members (excludes halogenated alkanes) is 2. The standard InChI is InChI=1S/C21H30O3/c1-5-6-7-8-14-11-16(22)19-17(12-14)24-20-18(19)15(13(2)3)9-10-21(20,4)23/h11-12,15,18,20,22-23H,2,5-10H2,1,3-4H3/t15-,18+,20-,21+/m1/s1. The lowest BCUT2D eigenvalue weighted by atomic mass is 9.66. The van der Waals surface area contributed by atoms with Crippen LogP contribution in [0.2, 0.25) is 0 Å². The van der Waals surface area contributed by atoms with E-state index in [1.54, 1.807) is 0 Å². The molecule has 0 aromatic heterocycles. The lowest BCUT2D eigenvalue weighted by Crippen LogP contribution is -2.50. The Morgan fingerprint density at radius 3 is 2.79 bits per heavy atom. The van der Waals surface area contributed by atoms with Crippen LogP contribution >= 0.6 is 0 Å². The van der Waals surface area contributed by atoms with E-state index in [2.05, 4.69) is 19.6 Å². The number of allylic oxidation sites excluding steroid dienone is 1. The summed E-state index contributed by atoms with van der Waals surface area (Å²) in [6.45, 7) is 10.2. The van der Waals surface area contributed by atoms with Gasteiger partial charge in [-0.15, -0.1) is 0 Å². The van der Waals surface area contributed by atoms with E-state index in [-0.39, 0.29) is 17.9 Å². The van der Waals surface area contributed by atoms with Gasteiger partial charge in [-0.2, -0.15) is 0 Å². The Kier molecular flexibility index (Phi) is 4.65. The normalized spacial score (nSPS) is 31.2. The number of benzene rings is 1. The van der Waals surface area contributed by atoms with Gasteiger partial charge in [0.2, 0.25) is 0 Å². The molecule has 3 heteroatoms. The fourth-order valence-electron chi connectivity index (χ4n) is 4.43. The summed E-state index contributed by atoms with van der Waals surface area (Å²) in [4.78, 5) is 0. The maximum Gasteiger partial charge on any atom is 0.135 e. The van der Waals surface area contributed by atoms with Gasteiger partial charge in [-0.25, -0.2) is 0 Å². The van der Waals surface area contributed by atoms with Crippen LogP contribution in [0, 0.1) is 5.92 Å². The molecule has 24 heavy (non-hydrogen) atoms. The second-order valence-corrected chi connectivity index (χ2v) is 7.90. The molecule has 2 N–H and O–H groups in total. The van der Waals surface area contributed by atoms with Crippen LogP contribution < -0.4 is 4.74 Å². The quantitative estimate of drug-likeness (QED) is 0.607. The molecular formula is C21H30O3. The molecule has 1 aliphatic carbocycles. The van der Waals surface area contributed by atoms with Gasteiger partial charge in [0.1, 0.15) is 17.6 Å². The molecule has 132 valence electrons. The van der Waals surface area contributed by atoms with Crippen LogP contribution in [-0.2, 0) is 6.42 Å². The van der Waals surface area contributed by atoms with Crippen molar-refractivity contribution in [3.05, 3.63) is 35.4 Å². The molecule has 1 aromatic rings. The van der Waals surface area contributed by atoms with E-state index in [0.717, 1.165) is 41.7 Å². The lowest BCUT2D eigenvalue weighted by molar-refractivity contribution is -0.0824. The number of phenolic OH excluding ortho intramolecular Hbond substituents is 1. The highest BCUT2D eigenvalue weighted by molar-refractivity contribution is 5.54. The summed E-state index contributed by atoms with van der Waals surface area (Å²) < 4.78 is 6.18. The van der Waals surface area contributed by atoms with Gasteiger partial charge in [-0.1, -0.05) is 31.9 Å². The molecule has 0 amide bonds. The van der Waals surface area contributed by atoms with E-state index in [9.17, 15) is 10.2 Å². The van der Waals surface area contributed by atoms with Crippen LogP contribution in [0.25, 0.3) is 0 Å². The highest BCUT2D eigenvalue weighted by Crippen LogP contribution is 2.56. The van der Waals surface area contributed by atoms with Crippen molar-refractivity contribution in [2.75, 3.05) is 0 Å². The summed E-state index contributed by atoms with van der Waals surface area (Å²) in [6, 6.07) is 3.95. The monoisotopic (exact) mass is 330 g/mol. The van der Waals surface area contributed by atoms with Crippen molar-refractivity contribution in [2.45, 2.75) is 76.9 Å². The predicted molar refractivity (Wildman–Crippen MR) is 96.7 cm³/mol. The first kappa shape index (κ1) is 17.3. The topological polar surface area (TPSA) is 49.7 Å². The molecule has 0 radical (unpaired) electrons. The molecule has 1 fully saturated rings. The van der Waals surface area contributed by atoms with Crippen LogP contribution in [0.5, 0.6) is 11.5 Å². The molecule has 3 rings (SSSR count). The maximum atomic E-state index is 10.8. The van der Waals surface area contributed by atoms with E-state index in [1.807, 2.05) is 19.9 Å². The van der Waals surface area contributed by atoms with Gasteiger partial charge in [0.05, 0.1) is 5.60 Å². The van der Waals surface area contributed by atoms with Crippen molar-refractivity contribution in [1.82, 2.24) is 0 Å². The van der Waals surface area contributed by atoms with Crippen molar-refractivity contribution < 1.29 is 14.9 Å². The minimum atomic E-state index is -0.871. The minimum Gasteiger partial charge on any atom is -0.508 e. The number of phenols is 1. The van der Waals surface area contributed by atoms with Crippen LogP contribution in [0.1, 0.15) is 69.9 Å². The van der Waals surface area contributed by atoms with Crippen LogP contribution in [-0.4, -0.2) is 21.9 Å². The Morgan fingerprint density at radius 2 is 2.12 bits per heavy atom. The zero-order chi connectivity index (χ0) is 17.5. The molecule has 2 aliphatic rings. The third-order valence-corrected chi connectivity index (χ3v) is 5.80. The Morgan fingerprint density at radius 1 is 1.38 bits per heavy atom. The van der Waals surface area contributed by atoms with Crippen molar-refractivity contribution in [1.29, 1.82) is 0 Å². The Hall–Kier alpha value is -1.48. The summed E-state index contributed by atoms with van der Waals surface area (Å²) in [6.07, 6.45) is 5.71. The fourth-order valence-corrected chi connectivity index (χ4v) is 4.43. The minimum absolute atomic E-state index is 0.00839. The first-order chi connectivity index (χ1) is 11.3. The molecule has 0 saturated heterocycles. The van der Waals surface area contributed by atoms with E-state index < -0.39 is 5.60 Å². The van der Waals surface area contributed by atoms with Gasteiger partial charge in [0.25, 0.3) is 0 Å². The number of ether oxygens (including phenoxy) is 1. The van der Waals surface area contributed by atoms with Crippen LogP contribution in [0.15, 0.2) is 24.3 Å². The summed E-state index contributed by atoms with van der Waals surface area (Å²) in [5.41, 5.74) is 2.21. The summed E-state index contributed by atoms with van der Waals surface area (Å²) in [5, 5.41) is 21.5. The van der Waals surface area contributed by atoms with Gasteiger partial charge >= 0.3 is 0 Å². The number of hydrogen-bond donors (Lipinski definition) is 2. The highest BCUT2D eigenvalue weighted by atomic mass is 16.5. The molecule has 3 nitrogen and oxygen atoms in total. The second kappa shape index (κ2) is 6.44. The molecule has 0 spiro atoms. The summed E-state index contributed by atoms with van der Waals surface area (Å²) >= 11 is 0. The van der Waals surface area contributed by atoms with Gasteiger partial charge < -0.3 is 14.9 Å². The number of fused-ring (bicyclic) bond motifs is 3. The van der Waals surface area contributed by atoms with Crippen molar-refractivity contribution in [3.63, 3.8) is 0 Å². The zero-order valence-electron chi connectivity index (χ0n) is 15.1. The molecule has 1 saturated carbocycles. The van der Waals surface area contributed by atoms with E-state index >= 15 is 0 Å². The van der Waals surface area contributed by atoms with E-state index in [0.29, 0.717) is 12.2 Å². The second-order valence-electron chi connectivity index (χ2n) is 7.90. The molecule has 1 aromatic carbocycles. The summed E-state index contributed by atoms with van der Waals surface area (Å²) in [5.74, 6) is 1.31. The van der Waals surface area contributed by atoms with Gasteiger partial charge in [0.15, 0.2) is 0 Å². The van der Waals surface area contributed by atoms with E-state index in [1.165, 1.54) is 12.8 Å². The largest absolute Gasteiger partial charge is 0.508 e. The van der Waals surface area contributed by atoms with Crippen LogP contribution in [0.3, 0.4) is 0 Å². The number of aromatic hydroxyl groups is 1. The smallest absolute Gasteiger partial charge is 0.135 e. The van der Waals surface area contributed by atoms with Gasteiger partial charge in [-0.05, 0) is 63.1 Å². The first-order valence-corrected chi connectivity index (χ1v) is 9.25. The van der Waals surface area contributed by atoms with Crippen molar-refractivity contribution in [3.8, 4) is 11.5 Å². The molecule has 0 bridgehead atoms. The van der Waals surface area contributed by atoms with Crippen molar-refractivity contribution in [2.24, 2.45) is 5.92 Å². The number of aliphatic hydroxyl groups is 1. The zero-order valence-corrected chi connectivity index (χ0v) is 15.1. The lowest BCUT2D eigenvalue weighted by Gasteiger charge is -2.42. The predicted octanol–water partition coefficient (Wildman–Crippen LogP) is 4.71. The molecule has 0 unspecified atom stereocenters. The molecule has 1 aliphatic heterocycles.